The first-order valence-corrected chi connectivity index (χ1v) is 6.67. The van der Waals surface area contributed by atoms with Gasteiger partial charge in [0.25, 0.3) is 0 Å². The maximum absolute atomic E-state index is 12.1. The monoisotopic (exact) mass is 297 g/mol. The molecule has 0 unspecified atom stereocenters. The number of H-pyrrole nitrogens is 2. The first-order valence-electron chi connectivity index (χ1n) is 6.67. The quantitative estimate of drug-likeness (QED) is 0.492. The van der Waals surface area contributed by atoms with Crippen LogP contribution in [0.4, 0.5) is 5.69 Å². The molecule has 4 rings (SSSR count). The van der Waals surface area contributed by atoms with Gasteiger partial charge in [-0.15, -0.1) is 5.10 Å². The molecular formula is C12H11N9O. The highest BCUT2D eigenvalue weighted by molar-refractivity contribution is 5.93. The molecule has 3 heterocycles. The number of fused-ring (bicyclic) bond motifs is 3. The number of benzene rings is 1. The van der Waals surface area contributed by atoms with Crippen molar-refractivity contribution in [1.82, 2.24) is 40.2 Å². The van der Waals surface area contributed by atoms with E-state index < -0.39 is 5.69 Å². The molecule has 0 fully saturated rings. The summed E-state index contributed by atoms with van der Waals surface area (Å²) >= 11 is 0. The molecule has 0 aliphatic rings. The van der Waals surface area contributed by atoms with Crippen molar-refractivity contribution in [2.45, 2.75) is 6.92 Å². The van der Waals surface area contributed by atoms with Crippen LogP contribution in [-0.2, 0) is 0 Å². The third kappa shape index (κ3) is 1.81. The van der Waals surface area contributed by atoms with Crippen LogP contribution in [0.25, 0.3) is 28.2 Å². The van der Waals surface area contributed by atoms with Gasteiger partial charge in [-0.25, -0.2) is 14.9 Å². The highest BCUT2D eigenvalue weighted by atomic mass is 16.1. The van der Waals surface area contributed by atoms with E-state index in [-0.39, 0.29) is 0 Å². The minimum Gasteiger partial charge on any atom is -0.385 e. The highest BCUT2D eigenvalue weighted by Crippen LogP contribution is 2.21. The molecule has 0 saturated heterocycles. The molecular weight excluding hydrogens is 286 g/mol. The summed E-state index contributed by atoms with van der Waals surface area (Å²) in [7, 11) is 0. The number of nitrogens with one attached hydrogen (secondary N) is 3. The number of aromatic amines is 2. The Morgan fingerprint density at radius 1 is 1.27 bits per heavy atom. The topological polar surface area (TPSA) is 130 Å². The van der Waals surface area contributed by atoms with Gasteiger partial charge in [0, 0.05) is 17.6 Å². The Balaban J connectivity index is 2.04. The Morgan fingerprint density at radius 3 is 2.95 bits per heavy atom. The van der Waals surface area contributed by atoms with Crippen molar-refractivity contribution >= 4 is 22.2 Å². The fraction of sp³-hybridized carbons (Fsp3) is 0.167. The SMILES string of the molecule is CCNc1ccc2nc(=O)n3[nH]c(-c4nnn[nH]4)nc3c2c1. The summed E-state index contributed by atoms with van der Waals surface area (Å²) in [4.78, 5) is 20.5. The van der Waals surface area contributed by atoms with Crippen LogP contribution in [0.2, 0.25) is 0 Å². The van der Waals surface area contributed by atoms with Crippen molar-refractivity contribution < 1.29 is 0 Å². The van der Waals surface area contributed by atoms with Crippen molar-refractivity contribution in [3.8, 4) is 11.6 Å². The van der Waals surface area contributed by atoms with E-state index in [9.17, 15) is 4.79 Å². The number of hydrogen-bond donors (Lipinski definition) is 3. The molecule has 10 nitrogen and oxygen atoms in total. The van der Waals surface area contributed by atoms with E-state index >= 15 is 0 Å². The molecule has 1 aromatic carbocycles. The van der Waals surface area contributed by atoms with E-state index in [4.69, 9.17) is 0 Å². The predicted molar refractivity (Wildman–Crippen MR) is 78.4 cm³/mol. The van der Waals surface area contributed by atoms with Crippen LogP contribution in [-0.4, -0.2) is 46.8 Å². The standard InChI is InChI=1S/C12H11N9O/c1-2-13-6-3-4-8-7(5-6)11-15-9(10-16-19-20-17-10)18-21(11)12(22)14-8/h3-5,13H,2H2,1H3,(H,15,18)(H,16,17,19,20). The Labute approximate surface area is 122 Å². The van der Waals surface area contributed by atoms with Crippen LogP contribution >= 0.6 is 0 Å². The van der Waals surface area contributed by atoms with Gasteiger partial charge in [0.05, 0.1) is 5.52 Å². The molecule has 0 aliphatic heterocycles. The smallest absolute Gasteiger partial charge is 0.369 e. The van der Waals surface area contributed by atoms with Crippen molar-refractivity contribution in [3.63, 3.8) is 0 Å². The lowest BCUT2D eigenvalue weighted by Crippen LogP contribution is -2.17. The van der Waals surface area contributed by atoms with Crippen molar-refractivity contribution in [3.05, 3.63) is 28.7 Å². The van der Waals surface area contributed by atoms with E-state index in [1.54, 1.807) is 6.07 Å². The number of aromatic nitrogens is 8. The number of hydrogen-bond acceptors (Lipinski definition) is 7. The number of nitrogens with zero attached hydrogens (tertiary/aromatic N) is 6. The van der Waals surface area contributed by atoms with E-state index in [0.29, 0.717) is 22.8 Å². The van der Waals surface area contributed by atoms with Gasteiger partial charge in [-0.3, -0.25) is 5.10 Å². The molecule has 4 aromatic rings. The fourth-order valence-electron chi connectivity index (χ4n) is 2.30. The number of anilines is 1. The van der Waals surface area contributed by atoms with Crippen LogP contribution in [0.1, 0.15) is 6.92 Å². The normalized spacial score (nSPS) is 11.3. The first-order chi connectivity index (χ1) is 10.8. The van der Waals surface area contributed by atoms with Crippen molar-refractivity contribution in [1.29, 1.82) is 0 Å². The molecule has 0 aliphatic carbocycles. The van der Waals surface area contributed by atoms with Gasteiger partial charge in [0.1, 0.15) is 0 Å². The number of rotatable bonds is 3. The molecule has 110 valence electrons. The van der Waals surface area contributed by atoms with Crippen molar-refractivity contribution in [2.24, 2.45) is 0 Å². The summed E-state index contributed by atoms with van der Waals surface area (Å²) in [6, 6.07) is 5.58. The first kappa shape index (κ1) is 12.4. The lowest BCUT2D eigenvalue weighted by molar-refractivity contribution is 0.881. The molecule has 3 aromatic heterocycles. The second-order valence-electron chi connectivity index (χ2n) is 4.64. The summed E-state index contributed by atoms with van der Waals surface area (Å²) < 4.78 is 1.27. The van der Waals surface area contributed by atoms with E-state index in [1.165, 1.54) is 4.52 Å². The van der Waals surface area contributed by atoms with E-state index in [1.807, 2.05) is 19.1 Å². The minimum absolute atomic E-state index is 0.346. The summed E-state index contributed by atoms with van der Waals surface area (Å²) in [6.45, 7) is 2.81. The second kappa shape index (κ2) is 4.62. The summed E-state index contributed by atoms with van der Waals surface area (Å²) in [5.74, 6) is 0.712. The Bertz CT molecular complexity index is 1010. The van der Waals surface area contributed by atoms with Gasteiger partial charge < -0.3 is 5.32 Å². The third-order valence-electron chi connectivity index (χ3n) is 3.24. The van der Waals surface area contributed by atoms with E-state index in [0.717, 1.165) is 17.6 Å². The summed E-state index contributed by atoms with van der Waals surface area (Å²) in [6.07, 6.45) is 0. The molecule has 0 spiro atoms. The third-order valence-corrected chi connectivity index (χ3v) is 3.24. The fourth-order valence-corrected chi connectivity index (χ4v) is 2.30. The summed E-state index contributed by atoms with van der Waals surface area (Å²) in [5.41, 5.74) is 1.55. The van der Waals surface area contributed by atoms with Gasteiger partial charge in [0.15, 0.2) is 11.5 Å². The van der Waals surface area contributed by atoms with Crippen molar-refractivity contribution in [2.75, 3.05) is 11.9 Å². The average Bonchev–Trinajstić information content (AvgIpc) is 3.17. The zero-order valence-electron chi connectivity index (χ0n) is 11.5. The predicted octanol–water partition coefficient (Wildman–Crippen LogP) is 0.183. The molecule has 3 N–H and O–H groups in total. The largest absolute Gasteiger partial charge is 0.385 e. The van der Waals surface area contributed by atoms with Gasteiger partial charge >= 0.3 is 5.69 Å². The minimum atomic E-state index is -0.440. The Morgan fingerprint density at radius 2 is 2.18 bits per heavy atom. The lowest BCUT2D eigenvalue weighted by atomic mass is 10.2. The Hall–Kier alpha value is -3.30. The Kier molecular flexibility index (Phi) is 2.61. The van der Waals surface area contributed by atoms with Crippen LogP contribution < -0.4 is 11.0 Å². The molecule has 0 saturated carbocycles. The number of tetrazole rings is 1. The molecule has 0 atom stereocenters. The average molecular weight is 297 g/mol. The molecule has 0 amide bonds. The van der Waals surface area contributed by atoms with Crippen LogP contribution in [0.5, 0.6) is 0 Å². The van der Waals surface area contributed by atoms with Gasteiger partial charge in [-0.05, 0) is 35.5 Å². The molecule has 22 heavy (non-hydrogen) atoms. The second-order valence-corrected chi connectivity index (χ2v) is 4.64. The van der Waals surface area contributed by atoms with Gasteiger partial charge in [0.2, 0.25) is 5.82 Å². The zero-order valence-corrected chi connectivity index (χ0v) is 11.5. The van der Waals surface area contributed by atoms with Gasteiger partial charge in [-0.2, -0.15) is 9.50 Å². The van der Waals surface area contributed by atoms with Crippen LogP contribution in [0.15, 0.2) is 23.0 Å². The van der Waals surface area contributed by atoms with Crippen LogP contribution in [0.3, 0.4) is 0 Å². The highest BCUT2D eigenvalue weighted by Gasteiger charge is 2.13. The summed E-state index contributed by atoms with van der Waals surface area (Å²) in [5, 5.41) is 20.2. The van der Waals surface area contributed by atoms with Gasteiger partial charge in [-0.1, -0.05) is 0 Å². The maximum Gasteiger partial charge on any atom is 0.369 e. The molecule has 10 heteroatoms. The van der Waals surface area contributed by atoms with E-state index in [2.05, 4.69) is 41.0 Å². The zero-order chi connectivity index (χ0) is 15.1. The molecule has 0 bridgehead atoms. The van der Waals surface area contributed by atoms with Crippen LogP contribution in [0, 0.1) is 0 Å². The lowest BCUT2D eigenvalue weighted by Gasteiger charge is -2.04. The molecule has 0 radical (unpaired) electrons. The maximum atomic E-state index is 12.1.